The maximum absolute atomic E-state index is 13.5. The van der Waals surface area contributed by atoms with E-state index in [1.165, 1.54) is 19.2 Å². The van der Waals surface area contributed by atoms with Crippen LogP contribution in [0.25, 0.3) is 0 Å². The lowest BCUT2D eigenvalue weighted by Crippen LogP contribution is -2.03. The Kier molecular flexibility index (Phi) is 4.22. The van der Waals surface area contributed by atoms with E-state index in [-0.39, 0.29) is 12.1 Å². The van der Waals surface area contributed by atoms with Crippen molar-refractivity contribution >= 4 is 17.3 Å². The average Bonchev–Trinajstić information content (AvgIpc) is 2.42. The van der Waals surface area contributed by atoms with Gasteiger partial charge >= 0.3 is 0 Å². The highest BCUT2D eigenvalue weighted by atomic mass is 35.5. The smallest absolute Gasteiger partial charge is 0.163 e. The van der Waals surface area contributed by atoms with E-state index in [2.05, 4.69) is 5.32 Å². The molecule has 2 rings (SSSR count). The normalized spacial score (nSPS) is 10.3. The third-order valence-corrected chi connectivity index (χ3v) is 2.98. The molecule has 0 unspecified atom stereocenters. The monoisotopic (exact) mass is 283 g/mol. The van der Waals surface area contributed by atoms with E-state index in [1.54, 1.807) is 18.2 Å². The maximum atomic E-state index is 13.5. The molecular weight excluding hydrogens is 272 g/mol. The van der Waals surface area contributed by atoms with Crippen LogP contribution in [0.3, 0.4) is 0 Å². The van der Waals surface area contributed by atoms with Crippen molar-refractivity contribution in [2.75, 3.05) is 12.4 Å². The van der Waals surface area contributed by atoms with Crippen molar-refractivity contribution in [2.24, 2.45) is 0 Å². The first-order valence-corrected chi connectivity index (χ1v) is 6.00. The Morgan fingerprint density at radius 2 is 2.00 bits per heavy atom. The Labute approximate surface area is 115 Å². The van der Waals surface area contributed by atoms with Crippen LogP contribution in [0.2, 0.25) is 5.02 Å². The molecule has 0 aliphatic rings. The summed E-state index contributed by atoms with van der Waals surface area (Å²) in [4.78, 5) is 0. The molecule has 0 saturated carbocycles. The molecule has 0 amide bonds. The zero-order valence-corrected chi connectivity index (χ0v) is 11.0. The number of nitrogens with one attached hydrogen (secondary N) is 1. The van der Waals surface area contributed by atoms with Gasteiger partial charge < -0.3 is 10.1 Å². The molecule has 0 aromatic heterocycles. The van der Waals surface area contributed by atoms with Gasteiger partial charge in [0.15, 0.2) is 11.6 Å². The number of methoxy groups -OCH3 is 1. The number of rotatable bonds is 4. The molecule has 0 saturated heterocycles. The zero-order valence-electron chi connectivity index (χ0n) is 10.2. The summed E-state index contributed by atoms with van der Waals surface area (Å²) in [5, 5.41) is 3.48. The number of halogens is 3. The third kappa shape index (κ3) is 3.15. The van der Waals surface area contributed by atoms with Crippen LogP contribution in [0, 0.1) is 11.6 Å². The molecule has 0 fully saturated rings. The van der Waals surface area contributed by atoms with Crippen LogP contribution >= 0.6 is 11.6 Å². The lowest BCUT2D eigenvalue weighted by molar-refractivity contribution is 0.415. The Hall–Kier alpha value is -1.81. The molecule has 0 aliphatic heterocycles. The molecule has 5 heteroatoms. The minimum atomic E-state index is -0.854. The molecule has 0 bridgehead atoms. The Bertz CT molecular complexity index is 590. The van der Waals surface area contributed by atoms with Gasteiger partial charge in [-0.05, 0) is 18.2 Å². The number of hydrogen-bond donors (Lipinski definition) is 1. The quantitative estimate of drug-likeness (QED) is 0.906. The Morgan fingerprint density at radius 3 is 2.74 bits per heavy atom. The zero-order chi connectivity index (χ0) is 13.8. The highest BCUT2D eigenvalue weighted by molar-refractivity contribution is 6.32. The fourth-order valence-corrected chi connectivity index (χ4v) is 1.85. The van der Waals surface area contributed by atoms with E-state index in [0.717, 1.165) is 6.07 Å². The minimum absolute atomic E-state index is 0.175. The largest absolute Gasteiger partial charge is 0.495 e. The van der Waals surface area contributed by atoms with Crippen LogP contribution < -0.4 is 10.1 Å². The van der Waals surface area contributed by atoms with Crippen LogP contribution in [0.1, 0.15) is 5.56 Å². The highest BCUT2D eigenvalue weighted by Crippen LogP contribution is 2.27. The highest BCUT2D eigenvalue weighted by Gasteiger charge is 2.07. The molecule has 19 heavy (non-hydrogen) atoms. The van der Waals surface area contributed by atoms with E-state index >= 15 is 0 Å². The molecule has 1 N–H and O–H groups in total. The predicted molar refractivity (Wildman–Crippen MR) is 71.7 cm³/mol. The van der Waals surface area contributed by atoms with Crippen molar-refractivity contribution in [1.82, 2.24) is 0 Å². The van der Waals surface area contributed by atoms with Crippen molar-refractivity contribution in [3.05, 3.63) is 58.6 Å². The molecule has 2 aromatic rings. The first-order chi connectivity index (χ1) is 9.11. The summed E-state index contributed by atoms with van der Waals surface area (Å²) in [6.07, 6.45) is 0. The van der Waals surface area contributed by atoms with E-state index in [1.807, 2.05) is 0 Å². The SMILES string of the molecule is COc1cc(NCc2cccc(F)c2F)ccc1Cl. The molecular formula is C14H12ClF2NO. The van der Waals surface area contributed by atoms with Crippen LogP contribution in [-0.4, -0.2) is 7.11 Å². The second-order valence-corrected chi connectivity index (χ2v) is 4.32. The third-order valence-electron chi connectivity index (χ3n) is 2.67. The molecule has 0 atom stereocenters. The summed E-state index contributed by atoms with van der Waals surface area (Å²) in [5.74, 6) is -1.17. The fraction of sp³-hybridized carbons (Fsp3) is 0.143. The van der Waals surface area contributed by atoms with Crippen LogP contribution in [0.4, 0.5) is 14.5 Å². The summed E-state index contributed by atoms with van der Waals surface area (Å²) < 4.78 is 31.6. The summed E-state index contributed by atoms with van der Waals surface area (Å²) in [5.41, 5.74) is 0.971. The van der Waals surface area contributed by atoms with Crippen molar-refractivity contribution in [3.8, 4) is 5.75 Å². The average molecular weight is 284 g/mol. The Balaban J connectivity index is 2.12. The van der Waals surface area contributed by atoms with Crippen molar-refractivity contribution in [1.29, 1.82) is 0 Å². The molecule has 0 spiro atoms. The van der Waals surface area contributed by atoms with Crippen molar-refractivity contribution in [2.45, 2.75) is 6.54 Å². The van der Waals surface area contributed by atoms with Gasteiger partial charge in [-0.3, -0.25) is 0 Å². The summed E-state index contributed by atoms with van der Waals surface area (Å²) in [7, 11) is 1.51. The maximum Gasteiger partial charge on any atom is 0.163 e. The van der Waals surface area contributed by atoms with Gasteiger partial charge in [-0.25, -0.2) is 8.78 Å². The van der Waals surface area contributed by atoms with Crippen molar-refractivity contribution in [3.63, 3.8) is 0 Å². The van der Waals surface area contributed by atoms with Gasteiger partial charge in [-0.1, -0.05) is 23.7 Å². The molecule has 2 aromatic carbocycles. The summed E-state index contributed by atoms with van der Waals surface area (Å²) >= 11 is 5.90. The molecule has 100 valence electrons. The van der Waals surface area contributed by atoms with Gasteiger partial charge in [0.1, 0.15) is 5.75 Å². The molecule has 0 radical (unpaired) electrons. The molecule has 2 nitrogen and oxygen atoms in total. The van der Waals surface area contributed by atoms with Crippen LogP contribution in [0.5, 0.6) is 5.75 Å². The predicted octanol–water partition coefficient (Wildman–Crippen LogP) is 4.24. The van der Waals surface area contributed by atoms with Gasteiger partial charge in [-0.2, -0.15) is 0 Å². The van der Waals surface area contributed by atoms with Gasteiger partial charge in [0.25, 0.3) is 0 Å². The van der Waals surface area contributed by atoms with Crippen LogP contribution in [-0.2, 0) is 6.54 Å². The first-order valence-electron chi connectivity index (χ1n) is 5.62. The Morgan fingerprint density at radius 1 is 1.21 bits per heavy atom. The van der Waals surface area contributed by atoms with E-state index in [9.17, 15) is 8.78 Å². The van der Waals surface area contributed by atoms with Gasteiger partial charge in [0.2, 0.25) is 0 Å². The number of hydrogen-bond acceptors (Lipinski definition) is 2. The van der Waals surface area contributed by atoms with E-state index in [0.29, 0.717) is 16.5 Å². The van der Waals surface area contributed by atoms with Crippen LogP contribution in [0.15, 0.2) is 36.4 Å². The lowest BCUT2D eigenvalue weighted by Gasteiger charge is -2.10. The van der Waals surface area contributed by atoms with E-state index < -0.39 is 11.6 Å². The topological polar surface area (TPSA) is 21.3 Å². The summed E-state index contributed by atoms with van der Waals surface area (Å²) in [6, 6.07) is 9.19. The second kappa shape index (κ2) is 5.89. The fourth-order valence-electron chi connectivity index (χ4n) is 1.65. The number of ether oxygens (including phenoxy) is 1. The number of anilines is 1. The minimum Gasteiger partial charge on any atom is -0.495 e. The number of benzene rings is 2. The standard InChI is InChI=1S/C14H12ClF2NO/c1-19-13-7-10(5-6-11(13)15)18-8-9-3-2-4-12(16)14(9)17/h2-7,18H,8H2,1H3. The first kappa shape index (κ1) is 13.6. The van der Waals surface area contributed by atoms with Gasteiger partial charge in [0, 0.05) is 23.9 Å². The molecule has 0 aliphatic carbocycles. The second-order valence-electron chi connectivity index (χ2n) is 3.92. The summed E-state index contributed by atoms with van der Waals surface area (Å²) in [6.45, 7) is 0.175. The van der Waals surface area contributed by atoms with Gasteiger partial charge in [0.05, 0.1) is 12.1 Å². The van der Waals surface area contributed by atoms with Gasteiger partial charge in [-0.15, -0.1) is 0 Å². The molecule has 0 heterocycles. The van der Waals surface area contributed by atoms with E-state index in [4.69, 9.17) is 16.3 Å². The van der Waals surface area contributed by atoms with Crippen molar-refractivity contribution < 1.29 is 13.5 Å². The lowest BCUT2D eigenvalue weighted by atomic mass is 10.2.